The van der Waals surface area contributed by atoms with Crippen molar-refractivity contribution >= 4 is 29.0 Å². The number of rotatable bonds is 6. The monoisotopic (exact) mass is 526 g/mol. The summed E-state index contributed by atoms with van der Waals surface area (Å²) in [7, 11) is 0. The molecule has 1 saturated heterocycles. The first-order valence-corrected chi connectivity index (χ1v) is 12.5. The molecule has 1 aliphatic heterocycles. The number of hydrogen-bond acceptors (Lipinski definition) is 7. The van der Waals surface area contributed by atoms with Crippen LogP contribution < -0.4 is 16.4 Å². The van der Waals surface area contributed by atoms with Crippen LogP contribution in [0.4, 0.5) is 19.0 Å². The summed E-state index contributed by atoms with van der Waals surface area (Å²) in [6.07, 6.45) is -2.08. The van der Waals surface area contributed by atoms with Gasteiger partial charge in [0.05, 0.1) is 10.4 Å². The summed E-state index contributed by atoms with van der Waals surface area (Å²) in [5.74, 6) is -1.07. The maximum atomic E-state index is 14.2. The van der Waals surface area contributed by atoms with Crippen molar-refractivity contribution in [3.8, 4) is 10.4 Å². The highest BCUT2D eigenvalue weighted by Crippen LogP contribution is 2.42. The maximum absolute atomic E-state index is 14.2. The first-order chi connectivity index (χ1) is 16.5. The predicted octanol–water partition coefficient (Wildman–Crippen LogP) is 4.53. The summed E-state index contributed by atoms with van der Waals surface area (Å²) in [5, 5.41) is 5.46. The Morgan fingerprint density at radius 2 is 1.89 bits per heavy atom. The predicted molar refractivity (Wildman–Crippen MR) is 134 cm³/mol. The Morgan fingerprint density at radius 3 is 2.42 bits per heavy atom. The Hall–Kier alpha value is -2.73. The zero-order chi connectivity index (χ0) is 27.1. The molecule has 2 aromatic heterocycles. The van der Waals surface area contributed by atoms with Crippen molar-refractivity contribution in [1.82, 2.24) is 20.2 Å². The summed E-state index contributed by atoms with van der Waals surface area (Å²) < 4.78 is 42.6. The van der Waals surface area contributed by atoms with Crippen molar-refractivity contribution in [2.45, 2.75) is 77.7 Å². The van der Waals surface area contributed by atoms with Crippen molar-refractivity contribution in [2.75, 3.05) is 18.4 Å². The molecule has 1 atom stereocenters. The Kier molecular flexibility index (Phi) is 7.71. The largest absolute Gasteiger partial charge is 0.417 e. The Bertz CT molecular complexity index is 1130. The van der Waals surface area contributed by atoms with E-state index in [9.17, 15) is 22.8 Å². The van der Waals surface area contributed by atoms with Gasteiger partial charge in [0.2, 0.25) is 0 Å². The quantitative estimate of drug-likeness (QED) is 0.510. The molecule has 8 nitrogen and oxygen atoms in total. The fraction of sp³-hybridized carbons (Fsp3) is 0.583. The second-order valence-corrected chi connectivity index (χ2v) is 11.8. The highest BCUT2D eigenvalue weighted by Gasteiger charge is 2.38. The van der Waals surface area contributed by atoms with Gasteiger partial charge in [0, 0.05) is 42.0 Å². The van der Waals surface area contributed by atoms with Crippen molar-refractivity contribution < 1.29 is 22.8 Å². The van der Waals surface area contributed by atoms with Crippen molar-refractivity contribution in [1.29, 1.82) is 0 Å². The molecule has 4 N–H and O–H groups in total. The average molecular weight is 527 g/mol. The summed E-state index contributed by atoms with van der Waals surface area (Å²) in [6.45, 7) is 11.3. The molecule has 0 saturated carbocycles. The normalized spacial score (nSPS) is 16.8. The summed E-state index contributed by atoms with van der Waals surface area (Å²) in [5.41, 5.74) is 3.26. The third-order valence-electron chi connectivity index (χ3n) is 5.50. The lowest BCUT2D eigenvalue weighted by Gasteiger charge is -2.23. The number of alkyl halides is 3. The fourth-order valence-corrected chi connectivity index (χ4v) is 4.82. The van der Waals surface area contributed by atoms with Crippen LogP contribution in [0.3, 0.4) is 0 Å². The number of aromatic nitrogens is 2. The van der Waals surface area contributed by atoms with E-state index in [1.807, 2.05) is 6.92 Å². The number of nitrogens with zero attached hydrogens (tertiary/aromatic N) is 3. The van der Waals surface area contributed by atoms with Gasteiger partial charge in [-0.3, -0.25) is 9.59 Å². The number of thiazole rings is 1. The number of hydrogen-bond donors (Lipinski definition) is 3. The Labute approximate surface area is 212 Å². The molecule has 0 aromatic carbocycles. The van der Waals surface area contributed by atoms with Gasteiger partial charge < -0.3 is 21.3 Å². The van der Waals surface area contributed by atoms with Crippen LogP contribution in [0, 0.1) is 0 Å². The van der Waals surface area contributed by atoms with E-state index in [2.05, 4.69) is 20.6 Å². The molecule has 1 fully saturated rings. The lowest BCUT2D eigenvalue weighted by atomic mass is 10.1. The first kappa shape index (κ1) is 27.9. The number of carbonyl (C=O) groups excluding carboxylic acids is 2. The molecule has 1 aliphatic rings. The van der Waals surface area contributed by atoms with Gasteiger partial charge >= 0.3 is 6.18 Å². The molecule has 3 heterocycles. The molecule has 0 radical (unpaired) electrons. The van der Waals surface area contributed by atoms with E-state index >= 15 is 0 Å². The first-order valence-electron chi connectivity index (χ1n) is 11.7. The minimum Gasteiger partial charge on any atom is -0.365 e. The highest BCUT2D eigenvalue weighted by atomic mass is 32.1. The van der Waals surface area contributed by atoms with Gasteiger partial charge in [-0.1, -0.05) is 0 Å². The average Bonchev–Trinajstić information content (AvgIpc) is 3.36. The molecule has 0 aliphatic carbocycles. The summed E-state index contributed by atoms with van der Waals surface area (Å²) in [4.78, 5) is 36.2. The van der Waals surface area contributed by atoms with Crippen LogP contribution in [0.5, 0.6) is 0 Å². The van der Waals surface area contributed by atoms with Crippen LogP contribution in [-0.2, 0) is 6.18 Å². The minimum atomic E-state index is -4.73. The number of nitrogens with one attached hydrogen (secondary N) is 2. The number of likely N-dealkylation sites (tertiary alicyclic amines) is 1. The van der Waals surface area contributed by atoms with Gasteiger partial charge in [-0.25, -0.2) is 9.97 Å². The Balaban J connectivity index is 2.14. The number of amides is 2. The SMILES string of the molecule is CC1CCCN1C(=O)c1nc(C(=O)NCC(C)(C)N)sc1-c1cnc(NC(C)(C)C)cc1C(F)(F)F. The third-order valence-corrected chi connectivity index (χ3v) is 6.59. The standard InChI is InChI=1S/C24H33F3N6O2S/c1-13-8-7-9-33(13)21(35)17-18(36-20(31-17)19(34)30-12-23(5,6)28)14-11-29-16(32-22(2,3)4)10-15(14)24(25,26)27/h10-11,13H,7-9,12,28H2,1-6H3,(H,29,32)(H,30,34). The maximum Gasteiger partial charge on any atom is 0.417 e. The van der Waals surface area contributed by atoms with Gasteiger partial charge in [0.1, 0.15) is 11.5 Å². The van der Waals surface area contributed by atoms with Crippen LogP contribution in [0.1, 0.15) is 80.2 Å². The number of halogens is 3. The van der Waals surface area contributed by atoms with Gasteiger partial charge in [-0.15, -0.1) is 11.3 Å². The minimum absolute atomic E-state index is 0.0432. The lowest BCUT2D eigenvalue weighted by molar-refractivity contribution is -0.137. The zero-order valence-electron chi connectivity index (χ0n) is 21.3. The molecule has 36 heavy (non-hydrogen) atoms. The smallest absolute Gasteiger partial charge is 0.365 e. The third kappa shape index (κ3) is 6.73. The van der Waals surface area contributed by atoms with Crippen LogP contribution in [0.15, 0.2) is 12.3 Å². The van der Waals surface area contributed by atoms with Gasteiger partial charge in [-0.2, -0.15) is 13.2 Å². The van der Waals surface area contributed by atoms with E-state index < -0.39 is 34.6 Å². The van der Waals surface area contributed by atoms with E-state index in [1.165, 1.54) is 0 Å². The van der Waals surface area contributed by atoms with Crippen LogP contribution >= 0.6 is 11.3 Å². The molecule has 0 spiro atoms. The van der Waals surface area contributed by atoms with E-state index in [-0.39, 0.29) is 39.5 Å². The number of carbonyl (C=O) groups is 2. The second-order valence-electron chi connectivity index (χ2n) is 10.8. The Morgan fingerprint density at radius 1 is 1.22 bits per heavy atom. The number of nitrogens with two attached hydrogens (primary N) is 1. The molecule has 0 bridgehead atoms. The van der Waals surface area contributed by atoms with E-state index in [0.717, 1.165) is 36.4 Å². The van der Waals surface area contributed by atoms with Gasteiger partial charge in [-0.05, 0) is 60.5 Å². The second kappa shape index (κ2) is 9.97. The van der Waals surface area contributed by atoms with E-state index in [4.69, 9.17) is 5.73 Å². The molecular formula is C24H33F3N6O2S. The van der Waals surface area contributed by atoms with Crippen LogP contribution in [0.2, 0.25) is 0 Å². The van der Waals surface area contributed by atoms with Crippen LogP contribution in [0.25, 0.3) is 10.4 Å². The summed E-state index contributed by atoms with van der Waals surface area (Å²) >= 11 is 0.737. The molecular weight excluding hydrogens is 493 g/mol. The molecule has 2 aromatic rings. The van der Waals surface area contributed by atoms with E-state index in [0.29, 0.717) is 6.54 Å². The van der Waals surface area contributed by atoms with Crippen molar-refractivity contribution in [2.24, 2.45) is 5.73 Å². The fourth-order valence-electron chi connectivity index (χ4n) is 3.82. The molecule has 3 rings (SSSR count). The summed E-state index contributed by atoms with van der Waals surface area (Å²) in [6, 6.07) is 0.838. The highest BCUT2D eigenvalue weighted by molar-refractivity contribution is 7.17. The molecule has 12 heteroatoms. The topological polar surface area (TPSA) is 113 Å². The molecule has 1 unspecified atom stereocenters. The number of pyridine rings is 1. The van der Waals surface area contributed by atoms with E-state index in [1.54, 1.807) is 39.5 Å². The van der Waals surface area contributed by atoms with Gasteiger partial charge in [0.15, 0.2) is 5.01 Å². The van der Waals surface area contributed by atoms with Crippen molar-refractivity contribution in [3.63, 3.8) is 0 Å². The zero-order valence-corrected chi connectivity index (χ0v) is 22.2. The van der Waals surface area contributed by atoms with Crippen LogP contribution in [-0.4, -0.2) is 56.9 Å². The molecule has 198 valence electrons. The van der Waals surface area contributed by atoms with Gasteiger partial charge in [0.25, 0.3) is 11.8 Å². The van der Waals surface area contributed by atoms with Crippen molar-refractivity contribution in [3.05, 3.63) is 28.5 Å². The molecule has 2 amide bonds. The number of anilines is 1. The lowest BCUT2D eigenvalue weighted by Crippen LogP contribution is -2.45.